The molecule has 106 valence electrons. The van der Waals surface area contributed by atoms with E-state index in [9.17, 15) is 4.39 Å². The van der Waals surface area contributed by atoms with E-state index in [-0.39, 0.29) is 11.9 Å². The summed E-state index contributed by atoms with van der Waals surface area (Å²) in [6.45, 7) is 4.91. The van der Waals surface area contributed by atoms with Gasteiger partial charge in [-0.1, -0.05) is 25.1 Å². The van der Waals surface area contributed by atoms with Gasteiger partial charge in [0.25, 0.3) is 0 Å². The molecule has 0 aliphatic heterocycles. The summed E-state index contributed by atoms with van der Waals surface area (Å²) in [6, 6.07) is 14.9. The quantitative estimate of drug-likeness (QED) is 0.874. The van der Waals surface area contributed by atoms with Crippen molar-refractivity contribution in [1.29, 1.82) is 0 Å². The molecule has 1 atom stereocenters. The van der Waals surface area contributed by atoms with Crippen molar-refractivity contribution < 1.29 is 4.39 Å². The van der Waals surface area contributed by atoms with Crippen LogP contribution in [0.25, 0.3) is 0 Å². The minimum atomic E-state index is -0.217. The van der Waals surface area contributed by atoms with E-state index in [2.05, 4.69) is 18.7 Å². The second-order valence-corrected chi connectivity index (χ2v) is 4.83. The zero-order chi connectivity index (χ0) is 14.5. The highest BCUT2D eigenvalue weighted by Gasteiger charge is 2.09. The summed E-state index contributed by atoms with van der Waals surface area (Å²) in [4.78, 5) is 2.07. The molecule has 1 unspecified atom stereocenters. The number of rotatable bonds is 5. The molecule has 0 spiro atoms. The molecule has 0 aromatic heterocycles. The Morgan fingerprint density at radius 2 is 1.75 bits per heavy atom. The molecular formula is C17H21FN2. The number of halogens is 1. The van der Waals surface area contributed by atoms with Gasteiger partial charge in [0.1, 0.15) is 5.82 Å². The first-order valence-electron chi connectivity index (χ1n) is 7.04. The van der Waals surface area contributed by atoms with Gasteiger partial charge in [0, 0.05) is 24.0 Å². The number of benzene rings is 2. The summed E-state index contributed by atoms with van der Waals surface area (Å²) < 4.78 is 13.4. The van der Waals surface area contributed by atoms with Crippen molar-refractivity contribution in [2.75, 3.05) is 11.4 Å². The average molecular weight is 272 g/mol. The van der Waals surface area contributed by atoms with Crippen LogP contribution in [0, 0.1) is 5.82 Å². The van der Waals surface area contributed by atoms with Crippen LogP contribution in [0.3, 0.4) is 0 Å². The molecule has 2 N–H and O–H groups in total. The highest BCUT2D eigenvalue weighted by molar-refractivity contribution is 5.63. The summed E-state index contributed by atoms with van der Waals surface area (Å²) in [5, 5.41) is 0. The van der Waals surface area contributed by atoms with Crippen molar-refractivity contribution >= 4 is 11.4 Å². The van der Waals surface area contributed by atoms with Gasteiger partial charge in [-0.05, 0) is 49.2 Å². The topological polar surface area (TPSA) is 29.3 Å². The Labute approximate surface area is 120 Å². The van der Waals surface area contributed by atoms with Crippen LogP contribution in [-0.2, 0) is 0 Å². The van der Waals surface area contributed by atoms with Gasteiger partial charge in [-0.3, -0.25) is 0 Å². The van der Waals surface area contributed by atoms with Crippen molar-refractivity contribution in [2.24, 2.45) is 5.73 Å². The van der Waals surface area contributed by atoms with Crippen LogP contribution in [0.1, 0.15) is 31.9 Å². The number of nitrogens with two attached hydrogens (primary N) is 1. The standard InChI is InChI=1S/C17H21FN2/c1-3-17(19)13-8-10-15(11-9-13)20(4-2)16-7-5-6-14(18)12-16/h5-12,17H,3-4,19H2,1-2H3. The van der Waals surface area contributed by atoms with Gasteiger partial charge >= 0.3 is 0 Å². The fraction of sp³-hybridized carbons (Fsp3) is 0.294. The summed E-state index contributed by atoms with van der Waals surface area (Å²) >= 11 is 0. The normalized spacial score (nSPS) is 12.2. The number of hydrogen-bond acceptors (Lipinski definition) is 2. The van der Waals surface area contributed by atoms with Gasteiger partial charge in [0.15, 0.2) is 0 Å². The lowest BCUT2D eigenvalue weighted by molar-refractivity contribution is 0.627. The molecule has 0 aliphatic rings. The third kappa shape index (κ3) is 3.17. The van der Waals surface area contributed by atoms with Crippen molar-refractivity contribution in [1.82, 2.24) is 0 Å². The molecule has 3 heteroatoms. The van der Waals surface area contributed by atoms with Crippen molar-refractivity contribution in [2.45, 2.75) is 26.3 Å². The SMILES string of the molecule is CCC(N)c1ccc(N(CC)c2cccc(F)c2)cc1. The third-order valence-corrected chi connectivity index (χ3v) is 3.51. The van der Waals surface area contributed by atoms with E-state index in [0.29, 0.717) is 0 Å². The number of hydrogen-bond donors (Lipinski definition) is 1. The first-order valence-corrected chi connectivity index (χ1v) is 7.04. The monoisotopic (exact) mass is 272 g/mol. The van der Waals surface area contributed by atoms with E-state index < -0.39 is 0 Å². The first kappa shape index (κ1) is 14.5. The Kier molecular flexibility index (Phi) is 4.74. The lowest BCUT2D eigenvalue weighted by atomic mass is 10.0. The van der Waals surface area contributed by atoms with E-state index >= 15 is 0 Å². The third-order valence-electron chi connectivity index (χ3n) is 3.51. The molecule has 0 saturated carbocycles. The molecule has 0 heterocycles. The molecular weight excluding hydrogens is 251 g/mol. The van der Waals surface area contributed by atoms with Crippen LogP contribution >= 0.6 is 0 Å². The lowest BCUT2D eigenvalue weighted by Crippen LogP contribution is -2.16. The summed E-state index contributed by atoms with van der Waals surface area (Å²) in [5.41, 5.74) is 9.06. The number of nitrogens with zero attached hydrogens (tertiary/aromatic N) is 1. The molecule has 2 rings (SSSR count). The lowest BCUT2D eigenvalue weighted by Gasteiger charge is -2.24. The zero-order valence-corrected chi connectivity index (χ0v) is 12.0. The Hall–Kier alpha value is -1.87. The van der Waals surface area contributed by atoms with Gasteiger partial charge in [-0.25, -0.2) is 4.39 Å². The first-order chi connectivity index (χ1) is 9.65. The summed E-state index contributed by atoms with van der Waals surface area (Å²) in [7, 11) is 0. The van der Waals surface area contributed by atoms with Crippen LogP contribution in [0.4, 0.5) is 15.8 Å². The van der Waals surface area contributed by atoms with Gasteiger partial charge in [-0.15, -0.1) is 0 Å². The van der Waals surface area contributed by atoms with Crippen LogP contribution < -0.4 is 10.6 Å². The molecule has 2 aromatic rings. The maximum atomic E-state index is 13.4. The predicted octanol–water partition coefficient (Wildman–Crippen LogP) is 4.39. The minimum absolute atomic E-state index is 0.0771. The van der Waals surface area contributed by atoms with E-state index in [0.717, 1.165) is 29.9 Å². The maximum Gasteiger partial charge on any atom is 0.125 e. The zero-order valence-electron chi connectivity index (χ0n) is 12.0. The molecule has 0 fully saturated rings. The predicted molar refractivity (Wildman–Crippen MR) is 82.7 cm³/mol. The second-order valence-electron chi connectivity index (χ2n) is 4.83. The van der Waals surface area contributed by atoms with E-state index in [1.807, 2.05) is 30.3 Å². The molecule has 0 radical (unpaired) electrons. The van der Waals surface area contributed by atoms with Crippen LogP contribution in [-0.4, -0.2) is 6.54 Å². The molecule has 2 nitrogen and oxygen atoms in total. The van der Waals surface area contributed by atoms with E-state index in [1.54, 1.807) is 12.1 Å². The van der Waals surface area contributed by atoms with E-state index in [4.69, 9.17) is 5.73 Å². The van der Waals surface area contributed by atoms with Crippen LogP contribution in [0.5, 0.6) is 0 Å². The molecule has 2 aromatic carbocycles. The highest BCUT2D eigenvalue weighted by Crippen LogP contribution is 2.27. The second kappa shape index (κ2) is 6.53. The summed E-state index contributed by atoms with van der Waals surface area (Å²) in [5.74, 6) is -0.217. The van der Waals surface area contributed by atoms with Gasteiger partial charge in [0.05, 0.1) is 0 Å². The van der Waals surface area contributed by atoms with E-state index in [1.165, 1.54) is 6.07 Å². The fourth-order valence-electron chi connectivity index (χ4n) is 2.30. The fourth-order valence-corrected chi connectivity index (χ4v) is 2.30. The smallest absolute Gasteiger partial charge is 0.125 e. The van der Waals surface area contributed by atoms with Crippen LogP contribution in [0.2, 0.25) is 0 Å². The molecule has 0 bridgehead atoms. The van der Waals surface area contributed by atoms with Gasteiger partial charge in [0.2, 0.25) is 0 Å². The Balaban J connectivity index is 2.28. The molecule has 20 heavy (non-hydrogen) atoms. The Bertz CT molecular complexity index is 551. The van der Waals surface area contributed by atoms with Crippen LogP contribution in [0.15, 0.2) is 48.5 Å². The van der Waals surface area contributed by atoms with Crippen molar-refractivity contribution in [3.63, 3.8) is 0 Å². The maximum absolute atomic E-state index is 13.4. The largest absolute Gasteiger partial charge is 0.342 e. The molecule has 0 amide bonds. The van der Waals surface area contributed by atoms with Crippen molar-refractivity contribution in [3.05, 3.63) is 59.9 Å². The Morgan fingerprint density at radius 3 is 2.30 bits per heavy atom. The summed E-state index contributed by atoms with van der Waals surface area (Å²) in [6.07, 6.45) is 0.917. The number of anilines is 2. The Morgan fingerprint density at radius 1 is 1.05 bits per heavy atom. The highest BCUT2D eigenvalue weighted by atomic mass is 19.1. The van der Waals surface area contributed by atoms with Gasteiger partial charge < -0.3 is 10.6 Å². The minimum Gasteiger partial charge on any atom is -0.342 e. The van der Waals surface area contributed by atoms with Gasteiger partial charge in [-0.2, -0.15) is 0 Å². The molecule has 0 aliphatic carbocycles. The average Bonchev–Trinajstić information content (AvgIpc) is 2.48. The molecule has 0 saturated heterocycles. The van der Waals surface area contributed by atoms with Crippen molar-refractivity contribution in [3.8, 4) is 0 Å².